The van der Waals surface area contributed by atoms with Gasteiger partial charge in [-0.15, -0.1) is 0 Å². The SMILES string of the molecule is CC(C)c1cccc(CCNS(C)(=O)=O)c1. The molecule has 0 unspecified atom stereocenters. The van der Waals surface area contributed by atoms with E-state index in [0.717, 1.165) is 6.42 Å². The van der Waals surface area contributed by atoms with Crippen molar-refractivity contribution in [2.75, 3.05) is 12.8 Å². The van der Waals surface area contributed by atoms with Gasteiger partial charge < -0.3 is 0 Å². The number of benzene rings is 1. The van der Waals surface area contributed by atoms with Gasteiger partial charge in [0.25, 0.3) is 0 Å². The topological polar surface area (TPSA) is 46.2 Å². The highest BCUT2D eigenvalue weighted by atomic mass is 32.2. The molecule has 0 aliphatic carbocycles. The van der Waals surface area contributed by atoms with Gasteiger partial charge in [0.1, 0.15) is 0 Å². The number of rotatable bonds is 5. The van der Waals surface area contributed by atoms with Crippen molar-refractivity contribution in [1.82, 2.24) is 4.72 Å². The Labute approximate surface area is 97.9 Å². The van der Waals surface area contributed by atoms with Crippen LogP contribution in [0.1, 0.15) is 30.9 Å². The molecule has 0 spiro atoms. The Morgan fingerprint density at radius 1 is 1.31 bits per heavy atom. The molecule has 0 bridgehead atoms. The lowest BCUT2D eigenvalue weighted by molar-refractivity contribution is 0.588. The third-order valence-electron chi connectivity index (χ3n) is 2.40. The summed E-state index contributed by atoms with van der Waals surface area (Å²) in [5, 5.41) is 0. The second-order valence-corrected chi connectivity index (χ2v) is 6.15. The molecule has 0 radical (unpaired) electrons. The molecule has 1 aromatic rings. The molecule has 0 fully saturated rings. The Morgan fingerprint density at radius 2 is 2.00 bits per heavy atom. The molecule has 0 heterocycles. The monoisotopic (exact) mass is 241 g/mol. The molecule has 1 aromatic carbocycles. The van der Waals surface area contributed by atoms with Crippen molar-refractivity contribution in [3.05, 3.63) is 35.4 Å². The third kappa shape index (κ3) is 4.77. The predicted molar refractivity (Wildman–Crippen MR) is 67.1 cm³/mol. The van der Waals surface area contributed by atoms with Crippen LogP contribution in [0.2, 0.25) is 0 Å². The molecular formula is C12H19NO2S. The van der Waals surface area contributed by atoms with Gasteiger partial charge in [-0.3, -0.25) is 0 Å². The lowest BCUT2D eigenvalue weighted by Gasteiger charge is -2.08. The minimum absolute atomic E-state index is 0.459. The molecule has 0 amide bonds. The van der Waals surface area contributed by atoms with Gasteiger partial charge in [0, 0.05) is 6.54 Å². The zero-order valence-electron chi connectivity index (χ0n) is 10.0. The second-order valence-electron chi connectivity index (χ2n) is 4.32. The Bertz CT molecular complexity index is 438. The minimum Gasteiger partial charge on any atom is -0.215 e. The Hall–Kier alpha value is -0.870. The molecule has 0 aromatic heterocycles. The molecule has 1 N–H and O–H groups in total. The molecule has 1 rings (SSSR count). The average molecular weight is 241 g/mol. The Kier molecular flexibility index (Phi) is 4.50. The van der Waals surface area contributed by atoms with E-state index in [1.807, 2.05) is 12.1 Å². The van der Waals surface area contributed by atoms with E-state index < -0.39 is 10.0 Å². The molecule has 0 saturated heterocycles. The molecule has 3 nitrogen and oxygen atoms in total. The third-order valence-corrected chi connectivity index (χ3v) is 3.12. The quantitative estimate of drug-likeness (QED) is 0.856. The zero-order valence-corrected chi connectivity index (χ0v) is 10.8. The highest BCUT2D eigenvalue weighted by Crippen LogP contribution is 2.15. The lowest BCUT2D eigenvalue weighted by atomic mass is 10.00. The van der Waals surface area contributed by atoms with E-state index in [1.165, 1.54) is 17.4 Å². The number of nitrogens with one attached hydrogen (secondary N) is 1. The van der Waals surface area contributed by atoms with Gasteiger partial charge in [-0.25, -0.2) is 13.1 Å². The van der Waals surface area contributed by atoms with Crippen molar-refractivity contribution in [3.63, 3.8) is 0 Å². The van der Waals surface area contributed by atoms with E-state index in [9.17, 15) is 8.42 Å². The van der Waals surface area contributed by atoms with Crippen molar-refractivity contribution in [2.45, 2.75) is 26.2 Å². The summed E-state index contributed by atoms with van der Waals surface area (Å²) in [5.41, 5.74) is 2.46. The van der Waals surface area contributed by atoms with Crippen LogP contribution in [0.25, 0.3) is 0 Å². The molecule has 90 valence electrons. The fraction of sp³-hybridized carbons (Fsp3) is 0.500. The largest absolute Gasteiger partial charge is 0.215 e. The summed E-state index contributed by atoms with van der Waals surface area (Å²) in [6.07, 6.45) is 1.91. The number of hydrogen-bond acceptors (Lipinski definition) is 2. The van der Waals surface area contributed by atoms with E-state index >= 15 is 0 Å². The first kappa shape index (κ1) is 13.2. The molecular weight excluding hydrogens is 222 g/mol. The summed E-state index contributed by atoms with van der Waals surface area (Å²) in [4.78, 5) is 0. The molecule has 0 aliphatic rings. The smallest absolute Gasteiger partial charge is 0.208 e. The van der Waals surface area contributed by atoms with Gasteiger partial charge in [0.15, 0.2) is 0 Å². The van der Waals surface area contributed by atoms with Crippen LogP contribution < -0.4 is 4.72 Å². The summed E-state index contributed by atoms with van der Waals surface area (Å²) in [6, 6.07) is 8.27. The van der Waals surface area contributed by atoms with Crippen LogP contribution in [-0.4, -0.2) is 21.2 Å². The van der Waals surface area contributed by atoms with Crippen LogP contribution in [0, 0.1) is 0 Å². The van der Waals surface area contributed by atoms with E-state index in [0.29, 0.717) is 12.5 Å². The Morgan fingerprint density at radius 3 is 2.56 bits per heavy atom. The highest BCUT2D eigenvalue weighted by molar-refractivity contribution is 7.88. The van der Waals surface area contributed by atoms with Gasteiger partial charge in [0.2, 0.25) is 10.0 Å². The van der Waals surface area contributed by atoms with Crippen LogP contribution in [-0.2, 0) is 16.4 Å². The van der Waals surface area contributed by atoms with Crippen molar-refractivity contribution < 1.29 is 8.42 Å². The van der Waals surface area contributed by atoms with Gasteiger partial charge in [-0.1, -0.05) is 38.1 Å². The maximum Gasteiger partial charge on any atom is 0.208 e. The maximum absolute atomic E-state index is 10.9. The van der Waals surface area contributed by atoms with Crippen LogP contribution in [0.5, 0.6) is 0 Å². The summed E-state index contributed by atoms with van der Waals surface area (Å²) in [7, 11) is -3.07. The van der Waals surface area contributed by atoms with Gasteiger partial charge in [-0.05, 0) is 23.5 Å². The first-order chi connectivity index (χ1) is 7.38. The molecule has 16 heavy (non-hydrogen) atoms. The predicted octanol–water partition coefficient (Wildman–Crippen LogP) is 1.90. The van der Waals surface area contributed by atoms with Crippen LogP contribution in [0.3, 0.4) is 0 Å². The summed E-state index contributed by atoms with van der Waals surface area (Å²) in [6.45, 7) is 4.75. The summed E-state index contributed by atoms with van der Waals surface area (Å²) >= 11 is 0. The van der Waals surface area contributed by atoms with E-state index in [1.54, 1.807) is 0 Å². The van der Waals surface area contributed by atoms with Crippen molar-refractivity contribution in [2.24, 2.45) is 0 Å². The van der Waals surface area contributed by atoms with Crippen LogP contribution in [0.15, 0.2) is 24.3 Å². The first-order valence-corrected chi connectivity index (χ1v) is 7.31. The number of hydrogen-bond donors (Lipinski definition) is 1. The lowest BCUT2D eigenvalue weighted by Crippen LogP contribution is -2.24. The molecule has 0 saturated carbocycles. The second kappa shape index (κ2) is 5.46. The zero-order chi connectivity index (χ0) is 12.2. The van der Waals surface area contributed by atoms with Crippen molar-refractivity contribution in [3.8, 4) is 0 Å². The van der Waals surface area contributed by atoms with E-state index in [-0.39, 0.29) is 0 Å². The first-order valence-electron chi connectivity index (χ1n) is 5.42. The van der Waals surface area contributed by atoms with E-state index in [2.05, 4.69) is 30.7 Å². The Balaban J connectivity index is 2.58. The molecule has 4 heteroatoms. The fourth-order valence-corrected chi connectivity index (χ4v) is 1.96. The van der Waals surface area contributed by atoms with Gasteiger partial charge in [-0.2, -0.15) is 0 Å². The molecule has 0 aliphatic heterocycles. The average Bonchev–Trinajstić information content (AvgIpc) is 2.16. The standard InChI is InChI=1S/C12H19NO2S/c1-10(2)12-6-4-5-11(9-12)7-8-13-16(3,14)15/h4-6,9-10,13H,7-8H2,1-3H3. The molecule has 0 atom stereocenters. The van der Waals surface area contributed by atoms with Crippen molar-refractivity contribution in [1.29, 1.82) is 0 Å². The van der Waals surface area contributed by atoms with E-state index in [4.69, 9.17) is 0 Å². The number of sulfonamides is 1. The minimum atomic E-state index is -3.07. The van der Waals surface area contributed by atoms with Gasteiger partial charge in [0.05, 0.1) is 6.26 Å². The van der Waals surface area contributed by atoms with Crippen molar-refractivity contribution >= 4 is 10.0 Å². The highest BCUT2D eigenvalue weighted by Gasteiger charge is 2.02. The fourth-order valence-electron chi connectivity index (χ4n) is 1.49. The normalized spacial score (nSPS) is 12.0. The summed E-state index contributed by atoms with van der Waals surface area (Å²) in [5.74, 6) is 0.503. The van der Waals surface area contributed by atoms with Crippen LogP contribution >= 0.6 is 0 Å². The summed E-state index contributed by atoms with van der Waals surface area (Å²) < 4.78 is 24.3. The van der Waals surface area contributed by atoms with Gasteiger partial charge >= 0.3 is 0 Å². The van der Waals surface area contributed by atoms with Crippen LogP contribution in [0.4, 0.5) is 0 Å². The maximum atomic E-state index is 10.9.